The van der Waals surface area contributed by atoms with Crippen molar-refractivity contribution in [2.75, 3.05) is 6.54 Å². The lowest BCUT2D eigenvalue weighted by Crippen LogP contribution is -2.44. The number of amides is 1. The summed E-state index contributed by atoms with van der Waals surface area (Å²) < 4.78 is 0. The molecule has 3 nitrogen and oxygen atoms in total. The van der Waals surface area contributed by atoms with Gasteiger partial charge in [-0.1, -0.05) is 34.6 Å². The Hall–Kier alpha value is -0.570. The maximum absolute atomic E-state index is 12.3. The van der Waals surface area contributed by atoms with Gasteiger partial charge in [-0.05, 0) is 25.2 Å². The Balaban J connectivity index is 4.60. The lowest BCUT2D eigenvalue weighted by molar-refractivity contribution is -0.134. The van der Waals surface area contributed by atoms with Crippen molar-refractivity contribution >= 4 is 5.91 Å². The maximum atomic E-state index is 12.3. The van der Waals surface area contributed by atoms with Crippen molar-refractivity contribution in [1.82, 2.24) is 4.90 Å². The number of hydrogen-bond acceptors (Lipinski definition) is 2. The zero-order chi connectivity index (χ0) is 13.4. The van der Waals surface area contributed by atoms with E-state index in [2.05, 4.69) is 27.7 Å². The van der Waals surface area contributed by atoms with Crippen LogP contribution in [0.2, 0.25) is 0 Å². The Morgan fingerprint density at radius 1 is 1.12 bits per heavy atom. The SMILES string of the molecule is CCC(N)CC(=O)N(CC(C)C)C(CC)CC. The lowest BCUT2D eigenvalue weighted by atomic mass is 10.0. The van der Waals surface area contributed by atoms with Crippen LogP contribution < -0.4 is 5.73 Å². The van der Waals surface area contributed by atoms with E-state index in [9.17, 15) is 4.79 Å². The zero-order valence-electron chi connectivity index (χ0n) is 12.2. The van der Waals surface area contributed by atoms with Crippen molar-refractivity contribution in [3.05, 3.63) is 0 Å². The van der Waals surface area contributed by atoms with Crippen LogP contribution in [0.15, 0.2) is 0 Å². The highest BCUT2D eigenvalue weighted by molar-refractivity contribution is 5.77. The van der Waals surface area contributed by atoms with Gasteiger partial charge in [0.1, 0.15) is 0 Å². The van der Waals surface area contributed by atoms with E-state index in [0.717, 1.165) is 25.8 Å². The number of carbonyl (C=O) groups excluding carboxylic acids is 1. The van der Waals surface area contributed by atoms with Crippen LogP contribution in [0.4, 0.5) is 0 Å². The van der Waals surface area contributed by atoms with Crippen LogP contribution in [-0.4, -0.2) is 29.4 Å². The summed E-state index contributed by atoms with van der Waals surface area (Å²) in [4.78, 5) is 14.3. The molecule has 0 saturated carbocycles. The van der Waals surface area contributed by atoms with Crippen LogP contribution in [0.5, 0.6) is 0 Å². The Morgan fingerprint density at radius 3 is 2.00 bits per heavy atom. The lowest BCUT2D eigenvalue weighted by Gasteiger charge is -2.33. The Morgan fingerprint density at radius 2 is 1.65 bits per heavy atom. The number of nitrogens with two attached hydrogens (primary N) is 1. The van der Waals surface area contributed by atoms with Gasteiger partial charge in [-0.25, -0.2) is 0 Å². The summed E-state index contributed by atoms with van der Waals surface area (Å²) in [6, 6.07) is 0.375. The average molecular weight is 242 g/mol. The molecule has 0 rings (SSSR count). The van der Waals surface area contributed by atoms with Crippen molar-refractivity contribution in [1.29, 1.82) is 0 Å². The number of nitrogens with zero attached hydrogens (tertiary/aromatic N) is 1. The van der Waals surface area contributed by atoms with Crippen LogP contribution in [0.1, 0.15) is 60.3 Å². The Kier molecular flexibility index (Phi) is 8.23. The highest BCUT2D eigenvalue weighted by Crippen LogP contribution is 2.14. The van der Waals surface area contributed by atoms with Gasteiger partial charge in [0, 0.05) is 25.0 Å². The average Bonchev–Trinajstić information content (AvgIpc) is 2.28. The molecule has 0 spiro atoms. The molecule has 1 amide bonds. The van der Waals surface area contributed by atoms with E-state index in [1.807, 2.05) is 11.8 Å². The second-order valence-corrected chi connectivity index (χ2v) is 5.28. The van der Waals surface area contributed by atoms with Gasteiger partial charge in [0.15, 0.2) is 0 Å². The molecule has 0 heterocycles. The van der Waals surface area contributed by atoms with Crippen LogP contribution >= 0.6 is 0 Å². The minimum atomic E-state index is 0.00604. The second-order valence-electron chi connectivity index (χ2n) is 5.28. The molecule has 0 fully saturated rings. The van der Waals surface area contributed by atoms with E-state index < -0.39 is 0 Å². The van der Waals surface area contributed by atoms with E-state index in [1.165, 1.54) is 0 Å². The molecule has 1 unspecified atom stereocenters. The first-order chi connectivity index (χ1) is 7.96. The van der Waals surface area contributed by atoms with Crippen molar-refractivity contribution in [2.45, 2.75) is 72.4 Å². The molecular formula is C14H30N2O. The van der Waals surface area contributed by atoms with Crippen molar-refractivity contribution < 1.29 is 4.79 Å². The van der Waals surface area contributed by atoms with E-state index in [-0.39, 0.29) is 11.9 Å². The summed E-state index contributed by atoms with van der Waals surface area (Å²) in [5.74, 6) is 0.735. The summed E-state index contributed by atoms with van der Waals surface area (Å²) in [5.41, 5.74) is 5.88. The molecule has 0 radical (unpaired) electrons. The first-order valence-electron chi connectivity index (χ1n) is 7.01. The molecule has 1 atom stereocenters. The number of hydrogen-bond donors (Lipinski definition) is 1. The Labute approximate surface area is 107 Å². The van der Waals surface area contributed by atoms with Crippen LogP contribution in [0, 0.1) is 5.92 Å². The molecule has 0 aliphatic heterocycles. The van der Waals surface area contributed by atoms with Gasteiger partial charge < -0.3 is 10.6 Å². The van der Waals surface area contributed by atoms with Gasteiger partial charge in [0.2, 0.25) is 5.91 Å². The number of rotatable bonds is 8. The summed E-state index contributed by atoms with van der Waals surface area (Å²) in [5, 5.41) is 0. The summed E-state index contributed by atoms with van der Waals surface area (Å²) in [7, 11) is 0. The third-order valence-corrected chi connectivity index (χ3v) is 3.23. The predicted octanol–water partition coefficient (Wildman–Crippen LogP) is 2.79. The maximum Gasteiger partial charge on any atom is 0.224 e. The molecule has 0 bridgehead atoms. The summed E-state index contributed by atoms with van der Waals surface area (Å²) in [6.07, 6.45) is 3.40. The largest absolute Gasteiger partial charge is 0.339 e. The van der Waals surface area contributed by atoms with Crippen LogP contribution in [0.3, 0.4) is 0 Å². The van der Waals surface area contributed by atoms with Gasteiger partial charge in [0.25, 0.3) is 0 Å². The smallest absolute Gasteiger partial charge is 0.224 e. The van der Waals surface area contributed by atoms with Gasteiger partial charge in [-0.3, -0.25) is 4.79 Å². The van der Waals surface area contributed by atoms with Crippen LogP contribution in [0.25, 0.3) is 0 Å². The molecule has 2 N–H and O–H groups in total. The second kappa shape index (κ2) is 8.51. The van der Waals surface area contributed by atoms with E-state index in [1.54, 1.807) is 0 Å². The third-order valence-electron chi connectivity index (χ3n) is 3.23. The summed E-state index contributed by atoms with van der Waals surface area (Å²) >= 11 is 0. The van der Waals surface area contributed by atoms with Gasteiger partial charge in [0.05, 0.1) is 0 Å². The van der Waals surface area contributed by atoms with Crippen LogP contribution in [-0.2, 0) is 4.79 Å². The molecule has 0 aromatic carbocycles. The van der Waals surface area contributed by atoms with E-state index in [0.29, 0.717) is 18.4 Å². The van der Waals surface area contributed by atoms with Crippen molar-refractivity contribution in [3.8, 4) is 0 Å². The highest BCUT2D eigenvalue weighted by atomic mass is 16.2. The standard InChI is InChI=1S/C14H30N2O/c1-6-12(15)9-14(17)16(10-11(4)5)13(7-2)8-3/h11-13H,6-10,15H2,1-5H3. The fourth-order valence-electron chi connectivity index (χ4n) is 2.06. The quantitative estimate of drug-likeness (QED) is 0.711. The predicted molar refractivity (Wildman–Crippen MR) is 73.8 cm³/mol. The number of carbonyl (C=O) groups is 1. The molecule has 3 heteroatoms. The van der Waals surface area contributed by atoms with Gasteiger partial charge in [-0.15, -0.1) is 0 Å². The minimum absolute atomic E-state index is 0.00604. The molecule has 0 aromatic heterocycles. The molecule has 17 heavy (non-hydrogen) atoms. The molecule has 102 valence electrons. The monoisotopic (exact) mass is 242 g/mol. The highest BCUT2D eigenvalue weighted by Gasteiger charge is 2.22. The molecule has 0 aliphatic rings. The molecule has 0 saturated heterocycles. The first-order valence-corrected chi connectivity index (χ1v) is 7.01. The molecular weight excluding hydrogens is 212 g/mol. The fraction of sp³-hybridized carbons (Fsp3) is 0.929. The first kappa shape index (κ1) is 16.4. The zero-order valence-corrected chi connectivity index (χ0v) is 12.2. The van der Waals surface area contributed by atoms with Crippen molar-refractivity contribution in [2.24, 2.45) is 11.7 Å². The minimum Gasteiger partial charge on any atom is -0.339 e. The van der Waals surface area contributed by atoms with Gasteiger partial charge in [-0.2, -0.15) is 0 Å². The third kappa shape index (κ3) is 6.06. The van der Waals surface area contributed by atoms with Gasteiger partial charge >= 0.3 is 0 Å². The Bertz CT molecular complexity index is 212. The van der Waals surface area contributed by atoms with E-state index >= 15 is 0 Å². The molecule has 0 aromatic rings. The topological polar surface area (TPSA) is 46.3 Å². The van der Waals surface area contributed by atoms with E-state index in [4.69, 9.17) is 5.73 Å². The fourth-order valence-corrected chi connectivity index (χ4v) is 2.06. The normalized spacial score (nSPS) is 13.2. The van der Waals surface area contributed by atoms with Crippen molar-refractivity contribution in [3.63, 3.8) is 0 Å². The summed E-state index contributed by atoms with van der Waals surface area (Å²) in [6.45, 7) is 11.5. The molecule has 0 aliphatic carbocycles.